The molecule has 1 amide bonds. The van der Waals surface area contributed by atoms with Gasteiger partial charge in [-0.25, -0.2) is 0 Å². The van der Waals surface area contributed by atoms with Crippen LogP contribution in [0.3, 0.4) is 0 Å². The number of rotatable bonds is 8. The minimum Gasteiger partial charge on any atom is -0.489 e. The fourth-order valence-electron chi connectivity index (χ4n) is 2.00. The number of nitrogens with two attached hydrogens (primary N) is 1. The SMILES string of the molecule is COC(CN)CC(=O)Nc1cccc(OCc2cccnc2)c1. The van der Waals surface area contributed by atoms with Crippen LogP contribution in [0.5, 0.6) is 5.75 Å². The molecule has 6 nitrogen and oxygen atoms in total. The highest BCUT2D eigenvalue weighted by atomic mass is 16.5. The van der Waals surface area contributed by atoms with Crippen LogP contribution in [-0.4, -0.2) is 30.6 Å². The van der Waals surface area contributed by atoms with Gasteiger partial charge in [-0.1, -0.05) is 12.1 Å². The lowest BCUT2D eigenvalue weighted by atomic mass is 10.2. The highest BCUT2D eigenvalue weighted by Gasteiger charge is 2.11. The first-order valence-electron chi connectivity index (χ1n) is 7.35. The predicted molar refractivity (Wildman–Crippen MR) is 88.1 cm³/mol. The van der Waals surface area contributed by atoms with Gasteiger partial charge in [0.2, 0.25) is 5.91 Å². The van der Waals surface area contributed by atoms with Crippen molar-refractivity contribution in [3.8, 4) is 5.75 Å². The Kier molecular flexibility index (Phi) is 6.53. The van der Waals surface area contributed by atoms with Gasteiger partial charge in [0, 0.05) is 43.4 Å². The van der Waals surface area contributed by atoms with Gasteiger partial charge in [-0.05, 0) is 18.2 Å². The number of amides is 1. The molecule has 0 saturated heterocycles. The van der Waals surface area contributed by atoms with Crippen molar-refractivity contribution in [3.05, 3.63) is 54.4 Å². The Morgan fingerprint density at radius 1 is 1.35 bits per heavy atom. The molecule has 0 fully saturated rings. The summed E-state index contributed by atoms with van der Waals surface area (Å²) >= 11 is 0. The maximum absolute atomic E-state index is 11.9. The van der Waals surface area contributed by atoms with Gasteiger partial charge in [0.05, 0.1) is 12.5 Å². The Balaban J connectivity index is 1.90. The third kappa shape index (κ3) is 5.69. The summed E-state index contributed by atoms with van der Waals surface area (Å²) < 4.78 is 10.8. The van der Waals surface area contributed by atoms with Gasteiger partial charge >= 0.3 is 0 Å². The van der Waals surface area contributed by atoms with Crippen molar-refractivity contribution in [1.29, 1.82) is 0 Å². The van der Waals surface area contributed by atoms with Crippen LogP contribution in [0.25, 0.3) is 0 Å². The number of methoxy groups -OCH3 is 1. The zero-order valence-corrected chi connectivity index (χ0v) is 13.1. The van der Waals surface area contributed by atoms with Crippen LogP contribution in [0.15, 0.2) is 48.8 Å². The van der Waals surface area contributed by atoms with Crippen LogP contribution >= 0.6 is 0 Å². The summed E-state index contributed by atoms with van der Waals surface area (Å²) in [6, 6.07) is 11.0. The molecule has 1 aromatic carbocycles. The minimum absolute atomic E-state index is 0.147. The van der Waals surface area contributed by atoms with Crippen molar-refractivity contribution in [2.24, 2.45) is 5.73 Å². The molecule has 1 aromatic heterocycles. The number of ether oxygens (including phenoxy) is 2. The molecule has 122 valence electrons. The summed E-state index contributed by atoms with van der Waals surface area (Å²) in [7, 11) is 1.54. The van der Waals surface area contributed by atoms with Crippen molar-refractivity contribution >= 4 is 11.6 Å². The van der Waals surface area contributed by atoms with E-state index in [1.165, 1.54) is 7.11 Å². The van der Waals surface area contributed by atoms with Crippen LogP contribution in [0.4, 0.5) is 5.69 Å². The second-order valence-electron chi connectivity index (χ2n) is 5.02. The summed E-state index contributed by atoms with van der Waals surface area (Å²) in [5.41, 5.74) is 7.17. The topological polar surface area (TPSA) is 86.5 Å². The summed E-state index contributed by atoms with van der Waals surface area (Å²) in [6.07, 6.45) is 3.41. The number of anilines is 1. The van der Waals surface area contributed by atoms with Gasteiger partial charge in [0.15, 0.2) is 0 Å². The molecule has 0 radical (unpaired) electrons. The number of carbonyl (C=O) groups excluding carboxylic acids is 1. The highest BCUT2D eigenvalue weighted by Crippen LogP contribution is 2.19. The lowest BCUT2D eigenvalue weighted by Crippen LogP contribution is -2.28. The molecule has 1 atom stereocenters. The summed E-state index contributed by atoms with van der Waals surface area (Å²) in [6.45, 7) is 0.725. The largest absolute Gasteiger partial charge is 0.489 e. The lowest BCUT2D eigenvalue weighted by Gasteiger charge is -2.13. The molecule has 0 aliphatic rings. The molecule has 0 aliphatic carbocycles. The Bertz CT molecular complexity index is 615. The minimum atomic E-state index is -0.278. The fraction of sp³-hybridized carbons (Fsp3) is 0.294. The van der Waals surface area contributed by atoms with Crippen LogP contribution in [-0.2, 0) is 16.1 Å². The highest BCUT2D eigenvalue weighted by molar-refractivity contribution is 5.91. The summed E-state index contributed by atoms with van der Waals surface area (Å²) in [4.78, 5) is 16.0. The first-order valence-corrected chi connectivity index (χ1v) is 7.35. The van der Waals surface area contributed by atoms with Crippen molar-refractivity contribution in [1.82, 2.24) is 4.98 Å². The van der Waals surface area contributed by atoms with Crippen molar-refractivity contribution in [2.75, 3.05) is 19.0 Å². The van der Waals surface area contributed by atoms with E-state index in [1.54, 1.807) is 24.5 Å². The molecule has 0 bridgehead atoms. The van der Waals surface area contributed by atoms with Crippen LogP contribution in [0.2, 0.25) is 0 Å². The van der Waals surface area contributed by atoms with Gasteiger partial charge in [0.1, 0.15) is 12.4 Å². The fourth-order valence-corrected chi connectivity index (χ4v) is 2.00. The van der Waals surface area contributed by atoms with E-state index in [2.05, 4.69) is 10.3 Å². The van der Waals surface area contributed by atoms with E-state index < -0.39 is 0 Å². The normalized spacial score (nSPS) is 11.7. The lowest BCUT2D eigenvalue weighted by molar-refractivity contribution is -0.118. The molecule has 1 heterocycles. The number of nitrogens with zero attached hydrogens (tertiary/aromatic N) is 1. The summed E-state index contributed by atoms with van der Waals surface area (Å²) in [5, 5.41) is 2.81. The molecule has 2 aromatic rings. The molecule has 3 N–H and O–H groups in total. The molecule has 1 unspecified atom stereocenters. The van der Waals surface area contributed by atoms with E-state index in [0.717, 1.165) is 5.56 Å². The Morgan fingerprint density at radius 2 is 2.22 bits per heavy atom. The van der Waals surface area contributed by atoms with Gasteiger partial charge in [0.25, 0.3) is 0 Å². The average Bonchev–Trinajstić information content (AvgIpc) is 2.59. The van der Waals surface area contributed by atoms with Crippen LogP contribution in [0, 0.1) is 0 Å². The Labute approximate surface area is 135 Å². The maximum Gasteiger partial charge on any atom is 0.227 e. The average molecular weight is 315 g/mol. The van der Waals surface area contributed by atoms with Crippen molar-refractivity contribution < 1.29 is 14.3 Å². The number of hydrogen-bond donors (Lipinski definition) is 2. The first kappa shape index (κ1) is 16.9. The second-order valence-corrected chi connectivity index (χ2v) is 5.02. The molecule has 0 aliphatic heterocycles. The molecule has 0 spiro atoms. The molecule has 6 heteroatoms. The number of aromatic nitrogens is 1. The number of pyridine rings is 1. The summed E-state index contributed by atoms with van der Waals surface area (Å²) in [5.74, 6) is 0.528. The predicted octanol–water partition coefficient (Wildman–Crippen LogP) is 1.96. The van der Waals surface area contributed by atoms with Crippen LogP contribution < -0.4 is 15.8 Å². The van der Waals surface area contributed by atoms with E-state index in [1.807, 2.05) is 24.3 Å². The maximum atomic E-state index is 11.9. The standard InChI is InChI=1S/C17H21N3O3/c1-22-16(10-18)9-17(21)20-14-5-2-6-15(8-14)23-12-13-4-3-7-19-11-13/h2-8,11,16H,9-10,12,18H2,1H3,(H,20,21). The van der Waals surface area contributed by atoms with E-state index in [9.17, 15) is 4.79 Å². The smallest absolute Gasteiger partial charge is 0.227 e. The third-order valence-corrected chi connectivity index (χ3v) is 3.26. The molecule has 23 heavy (non-hydrogen) atoms. The first-order chi connectivity index (χ1) is 11.2. The zero-order valence-electron chi connectivity index (χ0n) is 13.1. The van der Waals surface area contributed by atoms with Crippen molar-refractivity contribution in [2.45, 2.75) is 19.1 Å². The van der Waals surface area contributed by atoms with E-state index >= 15 is 0 Å². The molecular weight excluding hydrogens is 294 g/mol. The van der Waals surface area contributed by atoms with Crippen LogP contribution in [0.1, 0.15) is 12.0 Å². The Hall–Kier alpha value is -2.44. The third-order valence-electron chi connectivity index (χ3n) is 3.26. The number of carbonyl (C=O) groups is 1. The van der Waals surface area contributed by atoms with Gasteiger partial charge in [-0.2, -0.15) is 0 Å². The van der Waals surface area contributed by atoms with Gasteiger partial charge in [-0.3, -0.25) is 9.78 Å². The molecule has 0 saturated carbocycles. The van der Waals surface area contributed by atoms with Gasteiger partial charge < -0.3 is 20.5 Å². The monoisotopic (exact) mass is 315 g/mol. The zero-order chi connectivity index (χ0) is 16.5. The quantitative estimate of drug-likeness (QED) is 0.777. The van der Waals surface area contributed by atoms with Gasteiger partial charge in [-0.15, -0.1) is 0 Å². The number of hydrogen-bond acceptors (Lipinski definition) is 5. The van der Waals surface area contributed by atoms with E-state index in [-0.39, 0.29) is 18.4 Å². The number of benzene rings is 1. The molecule has 2 rings (SSSR count). The van der Waals surface area contributed by atoms with E-state index in [0.29, 0.717) is 24.6 Å². The Morgan fingerprint density at radius 3 is 2.91 bits per heavy atom. The second kappa shape index (κ2) is 8.87. The van der Waals surface area contributed by atoms with E-state index in [4.69, 9.17) is 15.2 Å². The molecular formula is C17H21N3O3. The van der Waals surface area contributed by atoms with Crippen molar-refractivity contribution in [3.63, 3.8) is 0 Å². The number of nitrogens with one attached hydrogen (secondary N) is 1.